The largest absolute Gasteiger partial charge is 0.573 e. The molecule has 1 saturated heterocycles. The van der Waals surface area contributed by atoms with Crippen molar-refractivity contribution in [3.8, 4) is 22.8 Å². The number of hydrazone groups is 1. The number of aliphatic imine (C=N–C) groups is 1. The van der Waals surface area contributed by atoms with Crippen molar-refractivity contribution in [1.29, 1.82) is 0 Å². The first kappa shape index (κ1) is 39.8. The first-order chi connectivity index (χ1) is 25.6. The topological polar surface area (TPSA) is 135 Å². The first-order valence-corrected chi connectivity index (χ1v) is 18.3. The Labute approximate surface area is 316 Å². The number of rotatable bonds is 10. The second kappa shape index (κ2) is 17.6. The van der Waals surface area contributed by atoms with Crippen LogP contribution in [0.4, 0.5) is 23.7 Å². The quantitative estimate of drug-likeness (QED) is 0.0961. The van der Waals surface area contributed by atoms with Gasteiger partial charge in [0.2, 0.25) is 5.91 Å². The number of ether oxygens (including phenoxy) is 2. The van der Waals surface area contributed by atoms with Gasteiger partial charge in [0.25, 0.3) is 0 Å². The lowest BCUT2D eigenvalue weighted by Crippen LogP contribution is -2.45. The Morgan fingerprint density at radius 1 is 1.02 bits per heavy atom. The molecule has 2 heterocycles. The van der Waals surface area contributed by atoms with E-state index in [1.165, 1.54) is 47.0 Å². The molecule has 4 aromatic rings. The molecule has 0 spiro atoms. The number of amides is 2. The summed E-state index contributed by atoms with van der Waals surface area (Å²) in [5.74, 6) is 0.175. The lowest BCUT2D eigenvalue weighted by Gasteiger charge is -2.34. The Hall–Kier alpha value is -5.38. The molecule has 286 valence electrons. The van der Waals surface area contributed by atoms with Gasteiger partial charge in [-0.25, -0.2) is 19.5 Å². The fraction of sp³-hybridized carbons (Fsp3) is 0.368. The van der Waals surface area contributed by atoms with Crippen LogP contribution in [-0.2, 0) is 9.53 Å². The zero-order valence-electron chi connectivity index (χ0n) is 30.7. The summed E-state index contributed by atoms with van der Waals surface area (Å²) in [6.07, 6.45) is -0.252. The lowest BCUT2D eigenvalue weighted by atomic mass is 9.98. The third-order valence-electron chi connectivity index (χ3n) is 8.12. The number of alkyl halides is 3. The van der Waals surface area contributed by atoms with Crippen LogP contribution in [0, 0.1) is 19.8 Å². The molecule has 1 atom stereocenters. The van der Waals surface area contributed by atoms with E-state index >= 15 is 0 Å². The van der Waals surface area contributed by atoms with Crippen LogP contribution in [0.2, 0.25) is 0 Å². The number of aryl methyl sites for hydroxylation is 2. The fourth-order valence-corrected chi connectivity index (χ4v) is 6.18. The molecule has 1 unspecified atom stereocenters. The minimum Gasteiger partial charge on any atom is -0.444 e. The van der Waals surface area contributed by atoms with E-state index in [0.717, 1.165) is 40.8 Å². The number of halogens is 3. The number of para-hydroxylation sites is 1. The number of aromatic nitrogens is 3. The summed E-state index contributed by atoms with van der Waals surface area (Å²) in [7, 11) is 0. The van der Waals surface area contributed by atoms with Gasteiger partial charge in [-0.2, -0.15) is 5.10 Å². The van der Waals surface area contributed by atoms with Gasteiger partial charge in [0, 0.05) is 25.2 Å². The number of benzene rings is 3. The first-order valence-electron chi connectivity index (χ1n) is 17.3. The van der Waals surface area contributed by atoms with Gasteiger partial charge in [0.15, 0.2) is 11.0 Å². The van der Waals surface area contributed by atoms with Gasteiger partial charge in [-0.1, -0.05) is 54.2 Å². The number of hydrogen-bond acceptors (Lipinski definition) is 9. The van der Waals surface area contributed by atoms with E-state index in [1.807, 2.05) is 77.1 Å². The third-order valence-corrected chi connectivity index (χ3v) is 8.98. The number of likely N-dealkylation sites (tertiary alicyclic amines) is 1. The van der Waals surface area contributed by atoms with Crippen molar-refractivity contribution in [3.63, 3.8) is 0 Å². The zero-order valence-corrected chi connectivity index (χ0v) is 31.5. The van der Waals surface area contributed by atoms with E-state index in [4.69, 9.17) is 9.73 Å². The normalized spacial score (nSPS) is 15.3. The highest BCUT2D eigenvalue weighted by Gasteiger charge is 2.31. The van der Waals surface area contributed by atoms with Crippen LogP contribution in [0.3, 0.4) is 0 Å². The molecule has 0 aliphatic carbocycles. The van der Waals surface area contributed by atoms with Crippen molar-refractivity contribution in [2.24, 2.45) is 16.0 Å². The fourth-order valence-electron chi connectivity index (χ4n) is 5.54. The van der Waals surface area contributed by atoms with Crippen molar-refractivity contribution in [1.82, 2.24) is 30.4 Å². The van der Waals surface area contributed by atoms with Gasteiger partial charge < -0.3 is 19.7 Å². The smallest absolute Gasteiger partial charge is 0.444 e. The van der Waals surface area contributed by atoms with Gasteiger partial charge in [0.1, 0.15) is 17.7 Å². The van der Waals surface area contributed by atoms with Gasteiger partial charge >= 0.3 is 12.5 Å². The van der Waals surface area contributed by atoms with E-state index in [-0.39, 0.29) is 29.4 Å². The predicted octanol–water partition coefficient (Wildman–Crippen LogP) is 7.56. The van der Waals surface area contributed by atoms with Crippen LogP contribution in [0.25, 0.3) is 17.1 Å². The molecule has 0 saturated carbocycles. The van der Waals surface area contributed by atoms with Crippen LogP contribution in [0.1, 0.15) is 50.3 Å². The lowest BCUT2D eigenvalue weighted by molar-refractivity contribution is -0.274. The van der Waals surface area contributed by atoms with E-state index in [2.05, 4.69) is 30.7 Å². The number of hydrogen-bond donors (Lipinski definition) is 2. The molecular formula is C38H43F3N8O4S. The minimum absolute atomic E-state index is 0.106. The highest BCUT2D eigenvalue weighted by molar-refractivity contribution is 8.14. The molecule has 2 N–H and O–H groups in total. The Morgan fingerprint density at radius 3 is 2.39 bits per heavy atom. The maximum absolute atomic E-state index is 13.0. The van der Waals surface area contributed by atoms with Crippen LogP contribution in [0.15, 0.2) is 83.2 Å². The highest BCUT2D eigenvalue weighted by Crippen LogP contribution is 2.26. The second-order valence-corrected chi connectivity index (χ2v) is 14.7. The van der Waals surface area contributed by atoms with Gasteiger partial charge in [-0.15, -0.1) is 18.3 Å². The van der Waals surface area contributed by atoms with E-state index in [1.54, 1.807) is 11.1 Å². The summed E-state index contributed by atoms with van der Waals surface area (Å²) in [6, 6.07) is 18.5. The summed E-state index contributed by atoms with van der Waals surface area (Å²) in [5.41, 5.74) is 7.19. The molecule has 54 heavy (non-hydrogen) atoms. The molecule has 1 fully saturated rings. The molecule has 5 rings (SSSR count). The standard InChI is InChI=1S/C38H43F3N8O4S/c1-25-8-6-9-26(2)33(25)45-35(54-23-32(50)42-20-28-10-7-19-48(22-28)36(51)53-37(3,4)5)46-44-21-27-11-13-29(14-12-27)34-43-24-49(47-34)30-15-17-31(18-16-30)52-38(39,40)41/h6,8-9,11-18,21,24,28H,7,10,19-20,22-23H2,1-5H3,(H,42,50)(H,45,46). The number of nitrogens with zero attached hydrogens (tertiary/aromatic N) is 6. The average molecular weight is 765 g/mol. The van der Waals surface area contributed by atoms with Crippen molar-refractivity contribution >= 4 is 40.8 Å². The van der Waals surface area contributed by atoms with E-state index in [9.17, 15) is 22.8 Å². The Bertz CT molecular complexity index is 1940. The van der Waals surface area contributed by atoms with Crippen LogP contribution in [0.5, 0.6) is 5.75 Å². The summed E-state index contributed by atoms with van der Waals surface area (Å²) in [5, 5.41) is 12.3. The molecule has 12 nitrogen and oxygen atoms in total. The van der Waals surface area contributed by atoms with Crippen LogP contribution in [-0.4, -0.2) is 80.4 Å². The number of carbonyl (C=O) groups excluding carboxylic acids is 2. The Kier molecular flexibility index (Phi) is 13.0. The van der Waals surface area contributed by atoms with E-state index in [0.29, 0.717) is 36.3 Å². The number of amidine groups is 1. The molecule has 1 aromatic heterocycles. The molecule has 1 aliphatic rings. The monoisotopic (exact) mass is 764 g/mol. The van der Waals surface area contributed by atoms with Crippen LogP contribution < -0.4 is 15.5 Å². The molecular weight excluding hydrogens is 722 g/mol. The predicted molar refractivity (Wildman–Crippen MR) is 203 cm³/mol. The van der Waals surface area contributed by atoms with Gasteiger partial charge in [-0.3, -0.25) is 10.2 Å². The van der Waals surface area contributed by atoms with E-state index < -0.39 is 12.0 Å². The van der Waals surface area contributed by atoms with Gasteiger partial charge in [0.05, 0.1) is 23.3 Å². The van der Waals surface area contributed by atoms with Crippen molar-refractivity contribution in [3.05, 3.63) is 89.7 Å². The molecule has 16 heteroatoms. The minimum atomic E-state index is -4.77. The summed E-state index contributed by atoms with van der Waals surface area (Å²) in [6.45, 7) is 11.1. The number of piperidine rings is 1. The van der Waals surface area contributed by atoms with Crippen molar-refractivity contribution < 1.29 is 32.2 Å². The number of carbonyl (C=O) groups is 2. The van der Waals surface area contributed by atoms with Crippen LogP contribution >= 0.6 is 11.8 Å². The maximum atomic E-state index is 13.0. The maximum Gasteiger partial charge on any atom is 0.573 e. The summed E-state index contributed by atoms with van der Waals surface area (Å²) < 4.78 is 48.4. The van der Waals surface area contributed by atoms with Crippen molar-refractivity contribution in [2.45, 2.75) is 59.4 Å². The van der Waals surface area contributed by atoms with Gasteiger partial charge in [-0.05, 0) is 94.3 Å². The molecule has 1 aliphatic heterocycles. The van der Waals surface area contributed by atoms with Crippen molar-refractivity contribution in [2.75, 3.05) is 25.4 Å². The third kappa shape index (κ3) is 12.1. The Morgan fingerprint density at radius 2 is 1.72 bits per heavy atom. The molecule has 0 bridgehead atoms. The summed E-state index contributed by atoms with van der Waals surface area (Å²) >= 11 is 1.23. The zero-order chi connectivity index (χ0) is 38.9. The number of thioether (sulfide) groups is 1. The highest BCUT2D eigenvalue weighted by atomic mass is 32.2. The molecule has 3 aromatic carbocycles. The second-order valence-electron chi connectivity index (χ2n) is 13.7. The SMILES string of the molecule is Cc1cccc(C)c1N=C(NN=Cc1ccc(-c2ncn(-c3ccc(OC(F)(F)F)cc3)n2)cc1)SCC(=O)NCC1CCCN(C(=O)OC(C)(C)C)C1. The Balaban J connectivity index is 1.18. The molecule has 2 amide bonds. The number of nitrogens with one attached hydrogen (secondary N) is 2. The molecule has 0 radical (unpaired) electrons. The average Bonchev–Trinajstić information content (AvgIpc) is 3.61. The summed E-state index contributed by atoms with van der Waals surface area (Å²) in [4.78, 5) is 36.4.